The molecule has 0 bridgehead atoms. The molecule has 0 unspecified atom stereocenters. The van der Waals surface area contributed by atoms with Crippen LogP contribution in [0.5, 0.6) is 0 Å². The topological polar surface area (TPSA) is 3.24 Å². The van der Waals surface area contributed by atoms with Crippen molar-refractivity contribution in [1.82, 2.24) is 0 Å². The third-order valence-corrected chi connectivity index (χ3v) is 3.62. The molecule has 0 saturated carbocycles. The predicted octanol–water partition coefficient (Wildman–Crippen LogP) is 4.99. The molecule has 0 heterocycles. The van der Waals surface area contributed by atoms with Crippen molar-refractivity contribution in [3.05, 3.63) is 70.9 Å². The van der Waals surface area contributed by atoms with Crippen molar-refractivity contribution in [2.45, 2.75) is 20.3 Å². The van der Waals surface area contributed by atoms with E-state index in [1.165, 1.54) is 28.0 Å². The van der Waals surface area contributed by atoms with Gasteiger partial charge in [0, 0.05) is 19.8 Å². The average Bonchev–Trinajstić information content (AvgIpc) is 2.89. The minimum atomic E-state index is 1.08. The van der Waals surface area contributed by atoms with Crippen molar-refractivity contribution in [2.75, 3.05) is 19.0 Å². The first-order valence-corrected chi connectivity index (χ1v) is 7.18. The van der Waals surface area contributed by atoms with Crippen LogP contribution < -0.4 is 4.90 Å². The summed E-state index contributed by atoms with van der Waals surface area (Å²) in [6, 6.07) is 8.63. The van der Waals surface area contributed by atoms with Gasteiger partial charge in [-0.1, -0.05) is 37.3 Å². The number of hydrogen-bond acceptors (Lipinski definition) is 1. The lowest BCUT2D eigenvalue weighted by molar-refractivity contribution is 1.12. The summed E-state index contributed by atoms with van der Waals surface area (Å²) in [4.78, 5) is 2.12. The molecule has 0 aromatic heterocycles. The van der Waals surface area contributed by atoms with E-state index in [9.17, 15) is 0 Å². The zero-order valence-corrected chi connectivity index (χ0v) is 12.9. The number of rotatable bonds is 4. The van der Waals surface area contributed by atoms with E-state index in [0.29, 0.717) is 0 Å². The van der Waals surface area contributed by atoms with Crippen molar-refractivity contribution >= 4 is 11.8 Å². The second-order valence-electron chi connectivity index (χ2n) is 5.23. The van der Waals surface area contributed by atoms with Crippen LogP contribution in [0.25, 0.3) is 6.08 Å². The van der Waals surface area contributed by atoms with E-state index in [1.54, 1.807) is 0 Å². The quantitative estimate of drug-likeness (QED) is 0.741. The molecule has 1 heteroatoms. The smallest absolute Gasteiger partial charge is 0.0361 e. The number of benzene rings is 1. The molecule has 1 aliphatic rings. The Labute approximate surface area is 122 Å². The van der Waals surface area contributed by atoms with E-state index in [2.05, 4.69) is 87.5 Å². The Balaban J connectivity index is 2.19. The van der Waals surface area contributed by atoms with Gasteiger partial charge in [-0.2, -0.15) is 0 Å². The van der Waals surface area contributed by atoms with Gasteiger partial charge in [0.1, 0.15) is 0 Å². The van der Waals surface area contributed by atoms with Gasteiger partial charge in [0.25, 0.3) is 0 Å². The van der Waals surface area contributed by atoms with Crippen LogP contribution >= 0.6 is 0 Å². The second kappa shape index (κ2) is 6.42. The molecule has 1 aliphatic carbocycles. The maximum atomic E-state index is 2.26. The highest BCUT2D eigenvalue weighted by Crippen LogP contribution is 2.25. The van der Waals surface area contributed by atoms with E-state index in [1.807, 2.05) is 0 Å². The molecule has 2 rings (SSSR count). The molecule has 1 aromatic rings. The van der Waals surface area contributed by atoms with Gasteiger partial charge >= 0.3 is 0 Å². The van der Waals surface area contributed by atoms with Gasteiger partial charge in [0.05, 0.1) is 0 Å². The summed E-state index contributed by atoms with van der Waals surface area (Å²) in [6.07, 6.45) is 12.2. The highest BCUT2D eigenvalue weighted by atomic mass is 15.1. The van der Waals surface area contributed by atoms with Crippen molar-refractivity contribution < 1.29 is 0 Å². The molecule has 0 atom stereocenters. The lowest BCUT2D eigenvalue weighted by Crippen LogP contribution is -2.07. The zero-order valence-electron chi connectivity index (χ0n) is 12.9. The second-order valence-corrected chi connectivity index (χ2v) is 5.23. The molecule has 0 aliphatic heterocycles. The van der Waals surface area contributed by atoms with Crippen molar-refractivity contribution in [1.29, 1.82) is 0 Å². The number of nitrogens with zero attached hydrogens (tertiary/aromatic N) is 1. The molecule has 1 nitrogen and oxygen atoms in total. The monoisotopic (exact) mass is 265 g/mol. The Morgan fingerprint density at radius 3 is 2.35 bits per heavy atom. The lowest BCUT2D eigenvalue weighted by Gasteiger charge is -2.11. The number of hydrogen-bond donors (Lipinski definition) is 0. The van der Waals surface area contributed by atoms with Crippen LogP contribution in [0.2, 0.25) is 0 Å². The SMILES string of the molecule is C/C=C(\CC)C1=C/C(=C\c2ccc(N(C)C)cc2)C=C1. The number of allylic oxidation sites excluding steroid dienone is 7. The summed E-state index contributed by atoms with van der Waals surface area (Å²) in [5.41, 5.74) is 6.49. The van der Waals surface area contributed by atoms with Crippen LogP contribution in [0.1, 0.15) is 25.8 Å². The van der Waals surface area contributed by atoms with Gasteiger partial charge < -0.3 is 4.90 Å². The third kappa shape index (κ3) is 3.30. The first kappa shape index (κ1) is 14.4. The Morgan fingerprint density at radius 2 is 1.80 bits per heavy atom. The fourth-order valence-corrected chi connectivity index (χ4v) is 2.39. The van der Waals surface area contributed by atoms with E-state index < -0.39 is 0 Å². The molecule has 1 aromatic carbocycles. The molecule has 0 fully saturated rings. The molecule has 0 radical (unpaired) electrons. The normalized spacial score (nSPS) is 16.7. The van der Waals surface area contributed by atoms with Gasteiger partial charge in [0.15, 0.2) is 0 Å². The maximum Gasteiger partial charge on any atom is 0.0361 e. The molecular weight excluding hydrogens is 242 g/mol. The van der Waals surface area contributed by atoms with Crippen LogP contribution in [0.4, 0.5) is 5.69 Å². The van der Waals surface area contributed by atoms with Gasteiger partial charge in [-0.15, -0.1) is 0 Å². The van der Waals surface area contributed by atoms with Crippen molar-refractivity contribution in [3.8, 4) is 0 Å². The van der Waals surface area contributed by atoms with E-state index in [-0.39, 0.29) is 0 Å². The third-order valence-electron chi connectivity index (χ3n) is 3.62. The molecule has 0 saturated heterocycles. The van der Waals surface area contributed by atoms with Gasteiger partial charge in [0.2, 0.25) is 0 Å². The Morgan fingerprint density at radius 1 is 1.10 bits per heavy atom. The molecule has 0 amide bonds. The Bertz CT molecular complexity index is 581. The molecule has 0 spiro atoms. The summed E-state index contributed by atoms with van der Waals surface area (Å²) in [6.45, 7) is 4.31. The van der Waals surface area contributed by atoms with E-state index >= 15 is 0 Å². The van der Waals surface area contributed by atoms with Crippen LogP contribution in [0, 0.1) is 0 Å². The van der Waals surface area contributed by atoms with Crippen LogP contribution in [-0.2, 0) is 0 Å². The lowest BCUT2D eigenvalue weighted by atomic mass is 10.0. The standard InChI is InChI=1S/C19H23N/c1-5-17(6-2)18-10-7-16(14-18)13-15-8-11-19(12-9-15)20(3)4/h5,7-14H,6H2,1-4H3/b16-13-,17-5+. The van der Waals surface area contributed by atoms with Gasteiger partial charge in [-0.05, 0) is 59.9 Å². The first-order valence-electron chi connectivity index (χ1n) is 7.18. The van der Waals surface area contributed by atoms with Crippen LogP contribution in [0.15, 0.2) is 65.3 Å². The van der Waals surface area contributed by atoms with Crippen molar-refractivity contribution in [2.24, 2.45) is 0 Å². The Hall–Kier alpha value is -2.02. The van der Waals surface area contributed by atoms with Crippen LogP contribution in [-0.4, -0.2) is 14.1 Å². The van der Waals surface area contributed by atoms with Crippen molar-refractivity contribution in [3.63, 3.8) is 0 Å². The predicted molar refractivity (Wildman–Crippen MR) is 90.0 cm³/mol. The molecule has 20 heavy (non-hydrogen) atoms. The zero-order chi connectivity index (χ0) is 14.5. The highest BCUT2D eigenvalue weighted by molar-refractivity contribution is 5.67. The highest BCUT2D eigenvalue weighted by Gasteiger charge is 2.05. The molecule has 0 N–H and O–H groups in total. The van der Waals surface area contributed by atoms with Gasteiger partial charge in [-0.25, -0.2) is 0 Å². The Kier molecular flexibility index (Phi) is 4.62. The summed E-state index contributed by atoms with van der Waals surface area (Å²) in [5, 5.41) is 0. The molecule has 104 valence electrons. The average molecular weight is 265 g/mol. The van der Waals surface area contributed by atoms with Crippen LogP contribution in [0.3, 0.4) is 0 Å². The summed E-state index contributed by atoms with van der Waals surface area (Å²) < 4.78 is 0. The van der Waals surface area contributed by atoms with Gasteiger partial charge in [-0.3, -0.25) is 0 Å². The van der Waals surface area contributed by atoms with E-state index in [4.69, 9.17) is 0 Å². The largest absolute Gasteiger partial charge is 0.378 e. The maximum absolute atomic E-state index is 2.26. The molecular formula is C19H23N. The summed E-state index contributed by atoms with van der Waals surface area (Å²) in [5.74, 6) is 0. The summed E-state index contributed by atoms with van der Waals surface area (Å²) >= 11 is 0. The summed E-state index contributed by atoms with van der Waals surface area (Å²) in [7, 11) is 4.12. The minimum absolute atomic E-state index is 1.08. The fourth-order valence-electron chi connectivity index (χ4n) is 2.39. The fraction of sp³-hybridized carbons (Fsp3) is 0.263. The first-order chi connectivity index (χ1) is 9.63. The minimum Gasteiger partial charge on any atom is -0.378 e. The van der Waals surface area contributed by atoms with E-state index in [0.717, 1.165) is 6.42 Å². The number of anilines is 1.